The second-order valence-corrected chi connectivity index (χ2v) is 5.60. The predicted octanol–water partition coefficient (Wildman–Crippen LogP) is 0.988. The standard InChI is InChI=1S/C13H17N3OS/c17-13-9-18-12-4-2-1-3-11(12)16(13)10-15-7-5-14-6-8-15/h1-4,14H,5-10H2. The van der Waals surface area contributed by atoms with Crippen LogP contribution in [-0.4, -0.2) is 49.4 Å². The lowest BCUT2D eigenvalue weighted by Gasteiger charge is -2.35. The zero-order valence-electron chi connectivity index (χ0n) is 10.3. The molecule has 0 radical (unpaired) electrons. The maximum Gasteiger partial charge on any atom is 0.238 e. The number of anilines is 1. The molecule has 1 N–H and O–H groups in total. The van der Waals surface area contributed by atoms with Gasteiger partial charge in [-0.15, -0.1) is 11.8 Å². The summed E-state index contributed by atoms with van der Waals surface area (Å²) >= 11 is 1.64. The number of benzene rings is 1. The topological polar surface area (TPSA) is 35.6 Å². The molecule has 1 aromatic carbocycles. The Morgan fingerprint density at radius 1 is 1.22 bits per heavy atom. The summed E-state index contributed by atoms with van der Waals surface area (Å²) in [5.41, 5.74) is 1.07. The van der Waals surface area contributed by atoms with Gasteiger partial charge in [-0.1, -0.05) is 12.1 Å². The molecule has 4 nitrogen and oxygen atoms in total. The number of nitrogens with one attached hydrogen (secondary N) is 1. The minimum Gasteiger partial charge on any atom is -0.314 e. The van der Waals surface area contributed by atoms with Gasteiger partial charge in [0.25, 0.3) is 0 Å². The Bertz CT molecular complexity index is 446. The molecule has 1 fully saturated rings. The van der Waals surface area contributed by atoms with Gasteiger partial charge < -0.3 is 5.32 Å². The first kappa shape index (κ1) is 12.0. The van der Waals surface area contributed by atoms with E-state index in [4.69, 9.17) is 0 Å². The Labute approximate surface area is 111 Å². The number of hydrogen-bond donors (Lipinski definition) is 1. The van der Waals surface area contributed by atoms with E-state index in [0.29, 0.717) is 5.75 Å². The van der Waals surface area contributed by atoms with Gasteiger partial charge in [0.15, 0.2) is 0 Å². The molecule has 2 aliphatic heterocycles. The Balaban J connectivity index is 1.79. The van der Waals surface area contributed by atoms with Crippen LogP contribution in [0, 0.1) is 0 Å². The Kier molecular flexibility index (Phi) is 3.54. The van der Waals surface area contributed by atoms with Crippen molar-refractivity contribution in [3.05, 3.63) is 24.3 Å². The molecule has 18 heavy (non-hydrogen) atoms. The third-order valence-electron chi connectivity index (χ3n) is 3.36. The highest BCUT2D eigenvalue weighted by atomic mass is 32.2. The van der Waals surface area contributed by atoms with Gasteiger partial charge in [-0.25, -0.2) is 0 Å². The number of amides is 1. The highest BCUT2D eigenvalue weighted by Gasteiger charge is 2.26. The molecule has 2 heterocycles. The minimum atomic E-state index is 0.220. The van der Waals surface area contributed by atoms with Crippen molar-refractivity contribution in [3.8, 4) is 0 Å². The van der Waals surface area contributed by atoms with Gasteiger partial charge in [0.2, 0.25) is 5.91 Å². The number of rotatable bonds is 2. The fourth-order valence-electron chi connectivity index (χ4n) is 2.36. The number of piperazine rings is 1. The SMILES string of the molecule is O=C1CSc2ccccc2N1CN1CCNCC1. The van der Waals surface area contributed by atoms with Crippen molar-refractivity contribution in [2.75, 3.05) is 43.5 Å². The lowest BCUT2D eigenvalue weighted by Crippen LogP contribution is -2.50. The number of hydrogen-bond acceptors (Lipinski definition) is 4. The first-order chi connectivity index (χ1) is 8.84. The van der Waals surface area contributed by atoms with Crippen LogP contribution in [-0.2, 0) is 4.79 Å². The van der Waals surface area contributed by atoms with Crippen LogP contribution in [0.2, 0.25) is 0 Å². The number of carbonyl (C=O) groups is 1. The third-order valence-corrected chi connectivity index (χ3v) is 4.41. The maximum absolute atomic E-state index is 12.1. The number of nitrogens with zero attached hydrogens (tertiary/aromatic N) is 2. The number of carbonyl (C=O) groups excluding carboxylic acids is 1. The molecule has 96 valence electrons. The second kappa shape index (κ2) is 5.30. The summed E-state index contributed by atoms with van der Waals surface area (Å²) in [5, 5.41) is 3.33. The largest absolute Gasteiger partial charge is 0.314 e. The summed E-state index contributed by atoms with van der Waals surface area (Å²) in [6.45, 7) is 4.77. The number of para-hydroxylation sites is 1. The van der Waals surface area contributed by atoms with Crippen molar-refractivity contribution in [3.63, 3.8) is 0 Å². The average Bonchev–Trinajstić information content (AvgIpc) is 2.43. The molecule has 3 rings (SSSR count). The Hall–Kier alpha value is -1.04. The van der Waals surface area contributed by atoms with Crippen LogP contribution in [0.3, 0.4) is 0 Å². The van der Waals surface area contributed by atoms with E-state index in [2.05, 4.69) is 16.3 Å². The van der Waals surface area contributed by atoms with Crippen LogP contribution in [0.4, 0.5) is 5.69 Å². The Morgan fingerprint density at radius 3 is 2.83 bits per heavy atom. The van der Waals surface area contributed by atoms with Crippen LogP contribution < -0.4 is 10.2 Å². The van der Waals surface area contributed by atoms with Crippen molar-refractivity contribution in [2.24, 2.45) is 0 Å². The molecular formula is C13H17N3OS. The van der Waals surface area contributed by atoms with Gasteiger partial charge in [0.1, 0.15) is 0 Å². The number of thioether (sulfide) groups is 1. The summed E-state index contributed by atoms with van der Waals surface area (Å²) in [5.74, 6) is 0.778. The van der Waals surface area contributed by atoms with E-state index in [1.807, 2.05) is 23.1 Å². The molecule has 0 atom stereocenters. The normalized spacial score (nSPS) is 20.9. The minimum absolute atomic E-state index is 0.220. The van der Waals surface area contributed by atoms with Gasteiger partial charge >= 0.3 is 0 Å². The summed E-state index contributed by atoms with van der Waals surface area (Å²) in [6.07, 6.45) is 0. The molecule has 0 spiro atoms. The molecule has 1 aromatic rings. The third kappa shape index (κ3) is 2.39. The zero-order valence-corrected chi connectivity index (χ0v) is 11.1. The van der Waals surface area contributed by atoms with Crippen molar-refractivity contribution >= 4 is 23.4 Å². The van der Waals surface area contributed by atoms with E-state index in [-0.39, 0.29) is 5.91 Å². The molecule has 2 aliphatic rings. The molecule has 1 saturated heterocycles. The highest BCUT2D eigenvalue weighted by Crippen LogP contribution is 2.34. The van der Waals surface area contributed by atoms with Crippen molar-refractivity contribution in [1.29, 1.82) is 0 Å². The van der Waals surface area contributed by atoms with E-state index in [9.17, 15) is 4.79 Å². The average molecular weight is 263 g/mol. The molecule has 5 heteroatoms. The van der Waals surface area contributed by atoms with Crippen LogP contribution in [0.5, 0.6) is 0 Å². The maximum atomic E-state index is 12.1. The summed E-state index contributed by atoms with van der Waals surface area (Å²) in [6, 6.07) is 8.17. The highest BCUT2D eigenvalue weighted by molar-refractivity contribution is 8.00. The van der Waals surface area contributed by atoms with E-state index in [0.717, 1.165) is 38.5 Å². The first-order valence-corrected chi connectivity index (χ1v) is 7.28. The van der Waals surface area contributed by atoms with Gasteiger partial charge in [-0.2, -0.15) is 0 Å². The van der Waals surface area contributed by atoms with Crippen LogP contribution in [0.15, 0.2) is 29.2 Å². The quantitative estimate of drug-likeness (QED) is 0.863. The lowest BCUT2D eigenvalue weighted by atomic mass is 10.2. The van der Waals surface area contributed by atoms with Gasteiger partial charge in [0, 0.05) is 31.1 Å². The molecule has 0 aromatic heterocycles. The summed E-state index contributed by atoms with van der Waals surface area (Å²) in [4.78, 5) is 17.6. The molecular weight excluding hydrogens is 246 g/mol. The van der Waals surface area contributed by atoms with E-state index < -0.39 is 0 Å². The van der Waals surface area contributed by atoms with E-state index in [1.54, 1.807) is 11.8 Å². The van der Waals surface area contributed by atoms with Crippen molar-refractivity contribution < 1.29 is 4.79 Å². The molecule has 0 unspecified atom stereocenters. The van der Waals surface area contributed by atoms with Crippen molar-refractivity contribution in [1.82, 2.24) is 10.2 Å². The smallest absolute Gasteiger partial charge is 0.238 e. The fourth-order valence-corrected chi connectivity index (χ4v) is 3.30. The van der Waals surface area contributed by atoms with Crippen LogP contribution in [0.25, 0.3) is 0 Å². The monoisotopic (exact) mass is 263 g/mol. The second-order valence-electron chi connectivity index (χ2n) is 4.59. The van der Waals surface area contributed by atoms with Crippen molar-refractivity contribution in [2.45, 2.75) is 4.90 Å². The first-order valence-electron chi connectivity index (χ1n) is 6.30. The predicted molar refractivity (Wildman–Crippen MR) is 74.0 cm³/mol. The van der Waals surface area contributed by atoms with Gasteiger partial charge in [-0.05, 0) is 12.1 Å². The molecule has 0 aliphatic carbocycles. The molecule has 1 amide bonds. The van der Waals surface area contributed by atoms with E-state index >= 15 is 0 Å². The summed E-state index contributed by atoms with van der Waals surface area (Å²) < 4.78 is 0. The number of fused-ring (bicyclic) bond motifs is 1. The molecule has 0 bridgehead atoms. The van der Waals surface area contributed by atoms with Crippen LogP contribution >= 0.6 is 11.8 Å². The Morgan fingerprint density at radius 2 is 2.00 bits per heavy atom. The molecule has 0 saturated carbocycles. The van der Waals surface area contributed by atoms with Gasteiger partial charge in [0.05, 0.1) is 18.1 Å². The fraction of sp³-hybridized carbons (Fsp3) is 0.462. The van der Waals surface area contributed by atoms with Gasteiger partial charge in [-0.3, -0.25) is 14.6 Å². The lowest BCUT2D eigenvalue weighted by molar-refractivity contribution is -0.116. The zero-order chi connectivity index (χ0) is 12.4. The van der Waals surface area contributed by atoms with Crippen LogP contribution in [0.1, 0.15) is 0 Å². The van der Waals surface area contributed by atoms with E-state index in [1.165, 1.54) is 4.90 Å². The summed E-state index contributed by atoms with van der Waals surface area (Å²) in [7, 11) is 0.